The molecule has 0 atom stereocenters. The van der Waals surface area contributed by atoms with Crippen molar-refractivity contribution in [2.75, 3.05) is 4.90 Å². The molecule has 3 heteroatoms. The van der Waals surface area contributed by atoms with Gasteiger partial charge in [-0.1, -0.05) is 84.9 Å². The van der Waals surface area contributed by atoms with Crippen molar-refractivity contribution in [3.63, 3.8) is 0 Å². The van der Waals surface area contributed by atoms with E-state index in [0.717, 1.165) is 11.4 Å². The summed E-state index contributed by atoms with van der Waals surface area (Å²) in [6.07, 6.45) is 0. The summed E-state index contributed by atoms with van der Waals surface area (Å²) in [5, 5.41) is 5.38. The maximum atomic E-state index is 2.40. The van der Waals surface area contributed by atoms with Crippen molar-refractivity contribution in [1.82, 2.24) is 0 Å². The van der Waals surface area contributed by atoms with Crippen LogP contribution in [0.2, 0.25) is 0 Å². The average Bonchev–Trinajstić information content (AvgIpc) is 3.54. The van der Waals surface area contributed by atoms with Crippen LogP contribution in [0.15, 0.2) is 140 Å². The first-order valence-corrected chi connectivity index (χ1v) is 14.7. The Hall–Kier alpha value is -4.44. The van der Waals surface area contributed by atoms with Crippen molar-refractivity contribution < 1.29 is 0 Å². The molecule has 0 aliphatic rings. The summed E-state index contributed by atoms with van der Waals surface area (Å²) in [5.41, 5.74) is 5.92. The van der Waals surface area contributed by atoms with E-state index in [-0.39, 0.29) is 0 Å². The number of hydrogen-bond donors (Lipinski definition) is 0. The van der Waals surface area contributed by atoms with Gasteiger partial charge < -0.3 is 4.90 Å². The number of para-hydroxylation sites is 1. The van der Waals surface area contributed by atoms with Gasteiger partial charge in [-0.15, -0.1) is 22.7 Å². The molecule has 8 aromatic rings. The highest BCUT2D eigenvalue weighted by Crippen LogP contribution is 2.44. The summed E-state index contributed by atoms with van der Waals surface area (Å²) < 4.78 is 5.37. The van der Waals surface area contributed by atoms with Gasteiger partial charge >= 0.3 is 0 Å². The van der Waals surface area contributed by atoms with Crippen molar-refractivity contribution in [2.24, 2.45) is 0 Å². The molecule has 8 rings (SSSR count). The molecule has 0 aliphatic carbocycles. The number of rotatable bonds is 4. The van der Waals surface area contributed by atoms with Crippen LogP contribution in [-0.2, 0) is 0 Å². The normalized spacial score (nSPS) is 11.6. The van der Waals surface area contributed by atoms with Gasteiger partial charge in [0.15, 0.2) is 0 Å². The molecule has 0 bridgehead atoms. The molecule has 0 saturated carbocycles. The summed E-state index contributed by atoms with van der Waals surface area (Å²) in [6.45, 7) is 0. The summed E-state index contributed by atoms with van der Waals surface area (Å²) in [6, 6.07) is 50.5. The Morgan fingerprint density at radius 3 is 1.64 bits per heavy atom. The standard InChI is InChI=1S/C36H23NS2/c1-3-9-24(10-4-1)25-15-17-27(18-16-25)37(26-11-5-2-6-12-26)28-19-20-30-32-22-31-29-13-7-8-14-33(29)38-35(31)23-36(32)39-34(30)21-28/h1-23H. The van der Waals surface area contributed by atoms with E-state index in [2.05, 4.69) is 144 Å². The van der Waals surface area contributed by atoms with Gasteiger partial charge in [0.2, 0.25) is 0 Å². The van der Waals surface area contributed by atoms with Crippen LogP contribution < -0.4 is 4.90 Å². The Kier molecular flexibility index (Phi) is 5.25. The lowest BCUT2D eigenvalue weighted by Gasteiger charge is -2.25. The molecule has 0 aliphatic heterocycles. The van der Waals surface area contributed by atoms with Gasteiger partial charge in [-0.25, -0.2) is 0 Å². The van der Waals surface area contributed by atoms with E-state index in [1.54, 1.807) is 0 Å². The summed E-state index contributed by atoms with van der Waals surface area (Å²) >= 11 is 3.78. The van der Waals surface area contributed by atoms with E-state index in [1.165, 1.54) is 57.2 Å². The summed E-state index contributed by atoms with van der Waals surface area (Å²) in [5.74, 6) is 0. The number of benzene rings is 6. The molecule has 0 saturated heterocycles. The molecule has 0 amide bonds. The van der Waals surface area contributed by atoms with E-state index < -0.39 is 0 Å². The van der Waals surface area contributed by atoms with E-state index in [9.17, 15) is 0 Å². The number of hydrogen-bond acceptors (Lipinski definition) is 3. The van der Waals surface area contributed by atoms with Gasteiger partial charge in [-0.3, -0.25) is 0 Å². The van der Waals surface area contributed by atoms with Crippen molar-refractivity contribution in [2.45, 2.75) is 0 Å². The lowest BCUT2D eigenvalue weighted by atomic mass is 10.0. The number of anilines is 3. The quantitative estimate of drug-likeness (QED) is 0.217. The molecule has 0 radical (unpaired) electrons. The van der Waals surface area contributed by atoms with Crippen LogP contribution in [0.4, 0.5) is 17.1 Å². The van der Waals surface area contributed by atoms with Crippen molar-refractivity contribution in [1.29, 1.82) is 0 Å². The van der Waals surface area contributed by atoms with Crippen molar-refractivity contribution >= 4 is 80.1 Å². The average molecular weight is 534 g/mol. The third-order valence-corrected chi connectivity index (χ3v) is 9.71. The molecule has 39 heavy (non-hydrogen) atoms. The molecule has 1 nitrogen and oxygen atoms in total. The number of thiophene rings is 2. The smallest absolute Gasteiger partial charge is 0.0476 e. The number of fused-ring (bicyclic) bond motifs is 6. The lowest BCUT2D eigenvalue weighted by molar-refractivity contribution is 1.29. The summed E-state index contributed by atoms with van der Waals surface area (Å²) in [7, 11) is 0. The fourth-order valence-electron chi connectivity index (χ4n) is 5.58. The minimum Gasteiger partial charge on any atom is -0.310 e. The van der Waals surface area contributed by atoms with Gasteiger partial charge in [0.25, 0.3) is 0 Å². The lowest BCUT2D eigenvalue weighted by Crippen LogP contribution is -2.09. The van der Waals surface area contributed by atoms with Crippen LogP contribution in [0.3, 0.4) is 0 Å². The second-order valence-corrected chi connectivity index (χ2v) is 12.0. The molecule has 6 aromatic carbocycles. The monoisotopic (exact) mass is 533 g/mol. The van der Waals surface area contributed by atoms with Gasteiger partial charge in [0, 0.05) is 57.4 Å². The third-order valence-electron chi connectivity index (χ3n) is 7.46. The van der Waals surface area contributed by atoms with Crippen LogP contribution >= 0.6 is 22.7 Å². The first kappa shape index (κ1) is 22.5. The molecule has 184 valence electrons. The predicted octanol–water partition coefficient (Wildman–Crippen LogP) is 11.6. The van der Waals surface area contributed by atoms with Crippen LogP contribution in [0.25, 0.3) is 51.5 Å². The molecule has 2 aromatic heterocycles. The topological polar surface area (TPSA) is 3.24 Å². The predicted molar refractivity (Wildman–Crippen MR) is 172 cm³/mol. The van der Waals surface area contributed by atoms with Crippen LogP contribution in [-0.4, -0.2) is 0 Å². The Bertz CT molecular complexity index is 2100. The van der Waals surface area contributed by atoms with Gasteiger partial charge in [0.05, 0.1) is 0 Å². The Balaban J connectivity index is 1.27. The Labute approximate surface area is 234 Å². The van der Waals surface area contributed by atoms with E-state index in [4.69, 9.17) is 0 Å². The maximum absolute atomic E-state index is 2.40. The first-order valence-electron chi connectivity index (χ1n) is 13.1. The van der Waals surface area contributed by atoms with E-state index in [1.807, 2.05) is 22.7 Å². The largest absolute Gasteiger partial charge is 0.310 e. The molecule has 2 heterocycles. The zero-order valence-corrected chi connectivity index (χ0v) is 22.7. The highest BCUT2D eigenvalue weighted by Gasteiger charge is 2.16. The zero-order chi connectivity index (χ0) is 25.8. The second-order valence-electron chi connectivity index (χ2n) is 9.81. The van der Waals surface area contributed by atoms with Crippen LogP contribution in [0.5, 0.6) is 0 Å². The van der Waals surface area contributed by atoms with Crippen molar-refractivity contribution in [3.8, 4) is 11.1 Å². The summed E-state index contributed by atoms with van der Waals surface area (Å²) in [4.78, 5) is 2.35. The Morgan fingerprint density at radius 1 is 0.333 bits per heavy atom. The SMILES string of the molecule is c1ccc(-c2ccc(N(c3ccccc3)c3ccc4c(c3)sc3cc5sc6ccccc6c5cc34)cc2)cc1. The highest BCUT2D eigenvalue weighted by molar-refractivity contribution is 7.28. The molecule has 0 fully saturated rings. The highest BCUT2D eigenvalue weighted by atomic mass is 32.1. The van der Waals surface area contributed by atoms with Crippen LogP contribution in [0, 0.1) is 0 Å². The second kappa shape index (κ2) is 9.09. The zero-order valence-electron chi connectivity index (χ0n) is 21.0. The molecule has 0 N–H and O–H groups in total. The maximum Gasteiger partial charge on any atom is 0.0476 e. The third kappa shape index (κ3) is 3.82. The van der Waals surface area contributed by atoms with Crippen LogP contribution in [0.1, 0.15) is 0 Å². The number of nitrogens with zero attached hydrogens (tertiary/aromatic N) is 1. The fourth-order valence-corrected chi connectivity index (χ4v) is 7.94. The minimum absolute atomic E-state index is 1.15. The fraction of sp³-hybridized carbons (Fsp3) is 0. The molecular weight excluding hydrogens is 511 g/mol. The van der Waals surface area contributed by atoms with E-state index >= 15 is 0 Å². The molecular formula is C36H23NS2. The Morgan fingerprint density at radius 2 is 0.872 bits per heavy atom. The van der Waals surface area contributed by atoms with E-state index in [0.29, 0.717) is 0 Å². The first-order chi connectivity index (χ1) is 19.3. The van der Waals surface area contributed by atoms with Gasteiger partial charge in [0.1, 0.15) is 0 Å². The molecule has 0 spiro atoms. The molecule has 0 unspecified atom stereocenters. The minimum atomic E-state index is 1.15. The van der Waals surface area contributed by atoms with Crippen molar-refractivity contribution in [3.05, 3.63) is 140 Å². The van der Waals surface area contributed by atoms with Gasteiger partial charge in [-0.2, -0.15) is 0 Å². The van der Waals surface area contributed by atoms with Gasteiger partial charge in [-0.05, 0) is 65.7 Å².